The largest absolute Gasteiger partial charge is 0.341 e. The van der Waals surface area contributed by atoms with E-state index in [1.807, 2.05) is 13.8 Å². The monoisotopic (exact) mass is 362 g/mol. The van der Waals surface area contributed by atoms with Crippen molar-refractivity contribution < 1.29 is 22.0 Å². The fraction of sp³-hybridized carbons (Fsp3) is 0.562. The maximum atomic E-state index is 12.5. The van der Waals surface area contributed by atoms with E-state index in [0.717, 1.165) is 37.8 Å². The van der Waals surface area contributed by atoms with Gasteiger partial charge in [-0.05, 0) is 37.1 Å². The lowest BCUT2D eigenvalue weighted by atomic mass is 10.2. The molecule has 136 valence electrons. The van der Waals surface area contributed by atoms with Crippen LogP contribution < -0.4 is 5.32 Å². The summed E-state index contributed by atoms with van der Waals surface area (Å²) < 4.78 is 47.7. The zero-order valence-electron chi connectivity index (χ0n) is 14.0. The molecule has 24 heavy (non-hydrogen) atoms. The van der Waals surface area contributed by atoms with E-state index in [-0.39, 0.29) is 6.03 Å². The molecule has 0 aromatic heterocycles. The molecule has 0 radical (unpaired) electrons. The van der Waals surface area contributed by atoms with Gasteiger partial charge in [0.1, 0.15) is 0 Å². The van der Waals surface area contributed by atoms with Gasteiger partial charge in [-0.1, -0.05) is 26.7 Å². The maximum Gasteiger partial charge on any atom is 0.341 e. The Kier molecular flexibility index (Phi) is 8.10. The van der Waals surface area contributed by atoms with Crippen LogP contribution in [0.15, 0.2) is 29.2 Å². The summed E-state index contributed by atoms with van der Waals surface area (Å²) in [6.07, 6.45) is 3.72. The Morgan fingerprint density at radius 1 is 1.08 bits per heavy atom. The minimum Gasteiger partial charge on any atom is -0.325 e. The highest BCUT2D eigenvalue weighted by atomic mass is 32.2. The highest BCUT2D eigenvalue weighted by Crippen LogP contribution is 2.20. The second-order valence-corrected chi connectivity index (χ2v) is 7.37. The molecule has 0 saturated heterocycles. The van der Waals surface area contributed by atoms with Crippen molar-refractivity contribution in [3.05, 3.63) is 24.3 Å². The number of rotatable bonds is 9. The zero-order valence-corrected chi connectivity index (χ0v) is 14.8. The molecule has 0 saturated carbocycles. The van der Waals surface area contributed by atoms with Gasteiger partial charge in [0.25, 0.3) is 0 Å². The lowest BCUT2D eigenvalue weighted by molar-refractivity contribution is 0.210. The number of nitrogens with zero attached hydrogens (tertiary/aromatic N) is 1. The number of benzene rings is 1. The summed E-state index contributed by atoms with van der Waals surface area (Å²) in [5, 5.41) is 2.67. The normalized spacial score (nSPS) is 11.5. The predicted molar refractivity (Wildman–Crippen MR) is 90.0 cm³/mol. The molecule has 0 spiro atoms. The van der Waals surface area contributed by atoms with Gasteiger partial charge in [0.2, 0.25) is 9.84 Å². The third-order valence-electron chi connectivity index (χ3n) is 3.52. The first-order valence-corrected chi connectivity index (χ1v) is 9.55. The Balaban J connectivity index is 2.78. The van der Waals surface area contributed by atoms with E-state index in [1.165, 1.54) is 12.1 Å². The van der Waals surface area contributed by atoms with Gasteiger partial charge in [0.15, 0.2) is 0 Å². The van der Waals surface area contributed by atoms with Crippen LogP contribution in [0.1, 0.15) is 39.5 Å². The summed E-state index contributed by atoms with van der Waals surface area (Å²) in [4.78, 5) is 13.5. The summed E-state index contributed by atoms with van der Waals surface area (Å²) in [6.45, 7) is 5.36. The first-order valence-electron chi connectivity index (χ1n) is 8.01. The number of anilines is 1. The van der Waals surface area contributed by atoms with Gasteiger partial charge in [0.05, 0.1) is 4.90 Å². The number of carbonyl (C=O) groups is 1. The van der Waals surface area contributed by atoms with Crippen LogP contribution in [0, 0.1) is 0 Å². The summed E-state index contributed by atoms with van der Waals surface area (Å²) in [5.41, 5.74) is 0.367. The number of sulfone groups is 1. The molecule has 0 aliphatic heterocycles. The van der Waals surface area contributed by atoms with Crippen molar-refractivity contribution >= 4 is 21.6 Å². The Hall–Kier alpha value is -1.70. The fourth-order valence-electron chi connectivity index (χ4n) is 2.05. The Morgan fingerprint density at radius 2 is 1.58 bits per heavy atom. The van der Waals surface area contributed by atoms with Crippen LogP contribution in [0.25, 0.3) is 0 Å². The summed E-state index contributed by atoms with van der Waals surface area (Å²) in [6, 6.07) is 4.48. The standard InChI is InChI=1S/C16H24F2N2O3S/c1-3-5-11-20(12-6-4-2)16(21)19-13-7-9-14(10-8-13)24(22,23)15(17)18/h7-10,15H,3-6,11-12H2,1-2H3,(H,19,21). The van der Waals surface area contributed by atoms with E-state index in [4.69, 9.17) is 0 Å². The van der Waals surface area contributed by atoms with Crippen molar-refractivity contribution in [1.82, 2.24) is 4.90 Å². The molecule has 1 N–H and O–H groups in total. The number of carbonyl (C=O) groups excluding carboxylic acids is 1. The van der Waals surface area contributed by atoms with Gasteiger partial charge < -0.3 is 10.2 Å². The third-order valence-corrected chi connectivity index (χ3v) is 4.92. The van der Waals surface area contributed by atoms with Crippen LogP contribution in [0.4, 0.5) is 19.3 Å². The van der Waals surface area contributed by atoms with Crippen molar-refractivity contribution in [1.29, 1.82) is 0 Å². The third kappa shape index (κ3) is 5.74. The molecule has 0 bridgehead atoms. The number of amides is 2. The van der Waals surface area contributed by atoms with Crippen molar-refractivity contribution in [3.8, 4) is 0 Å². The highest BCUT2D eigenvalue weighted by molar-refractivity contribution is 7.91. The number of halogens is 2. The fourth-order valence-corrected chi connectivity index (χ4v) is 2.77. The van der Waals surface area contributed by atoms with E-state index in [1.54, 1.807) is 4.90 Å². The molecule has 0 aliphatic rings. The lowest BCUT2D eigenvalue weighted by Gasteiger charge is -2.23. The van der Waals surface area contributed by atoms with Crippen molar-refractivity contribution in [2.24, 2.45) is 0 Å². The lowest BCUT2D eigenvalue weighted by Crippen LogP contribution is -2.36. The SMILES string of the molecule is CCCCN(CCCC)C(=O)Nc1ccc(S(=O)(=O)C(F)F)cc1. The zero-order chi connectivity index (χ0) is 18.2. The molecule has 1 aromatic carbocycles. The minimum atomic E-state index is -4.62. The van der Waals surface area contributed by atoms with Crippen LogP contribution in [0.5, 0.6) is 0 Å². The summed E-state index contributed by atoms with van der Waals surface area (Å²) >= 11 is 0. The van der Waals surface area contributed by atoms with Gasteiger partial charge >= 0.3 is 11.8 Å². The number of nitrogens with one attached hydrogen (secondary N) is 1. The number of urea groups is 1. The quantitative estimate of drug-likeness (QED) is 0.719. The molecule has 0 unspecified atom stereocenters. The average molecular weight is 362 g/mol. The van der Waals surface area contributed by atoms with E-state index >= 15 is 0 Å². The first-order chi connectivity index (χ1) is 11.3. The smallest absolute Gasteiger partial charge is 0.325 e. The molecule has 2 amide bonds. The van der Waals surface area contributed by atoms with E-state index in [0.29, 0.717) is 18.8 Å². The molecule has 0 aliphatic carbocycles. The minimum absolute atomic E-state index is 0.277. The molecule has 8 heteroatoms. The molecule has 1 aromatic rings. The molecular formula is C16H24F2N2O3S. The molecular weight excluding hydrogens is 338 g/mol. The Bertz CT molecular complexity index is 611. The van der Waals surface area contributed by atoms with E-state index < -0.39 is 20.5 Å². The van der Waals surface area contributed by atoms with Crippen LogP contribution >= 0.6 is 0 Å². The number of unbranched alkanes of at least 4 members (excludes halogenated alkanes) is 2. The van der Waals surface area contributed by atoms with E-state index in [9.17, 15) is 22.0 Å². The molecule has 0 atom stereocenters. The molecule has 0 heterocycles. The van der Waals surface area contributed by atoms with Crippen LogP contribution in [-0.4, -0.2) is 38.2 Å². The average Bonchev–Trinajstić information content (AvgIpc) is 2.55. The van der Waals surface area contributed by atoms with Crippen LogP contribution in [0.2, 0.25) is 0 Å². The molecule has 5 nitrogen and oxygen atoms in total. The van der Waals surface area contributed by atoms with Crippen molar-refractivity contribution in [2.45, 2.75) is 50.2 Å². The van der Waals surface area contributed by atoms with Crippen LogP contribution in [-0.2, 0) is 9.84 Å². The predicted octanol–water partition coefficient (Wildman–Crippen LogP) is 4.12. The van der Waals surface area contributed by atoms with Crippen LogP contribution in [0.3, 0.4) is 0 Å². The second-order valence-electron chi connectivity index (χ2n) is 5.45. The highest BCUT2D eigenvalue weighted by Gasteiger charge is 2.26. The molecule has 1 rings (SSSR count). The van der Waals surface area contributed by atoms with Gasteiger partial charge in [-0.3, -0.25) is 0 Å². The van der Waals surface area contributed by atoms with Gasteiger partial charge in [-0.15, -0.1) is 0 Å². The maximum absolute atomic E-state index is 12.5. The Morgan fingerprint density at radius 3 is 2.00 bits per heavy atom. The number of hydrogen-bond donors (Lipinski definition) is 1. The van der Waals surface area contributed by atoms with Gasteiger partial charge in [0, 0.05) is 18.8 Å². The summed E-state index contributed by atoms with van der Waals surface area (Å²) in [7, 11) is -4.62. The van der Waals surface area contributed by atoms with Gasteiger partial charge in [-0.2, -0.15) is 8.78 Å². The number of alkyl halides is 2. The topological polar surface area (TPSA) is 66.5 Å². The van der Waals surface area contributed by atoms with Gasteiger partial charge in [-0.25, -0.2) is 13.2 Å². The molecule has 0 fully saturated rings. The first kappa shape index (κ1) is 20.3. The van der Waals surface area contributed by atoms with Crippen molar-refractivity contribution in [2.75, 3.05) is 18.4 Å². The van der Waals surface area contributed by atoms with E-state index in [2.05, 4.69) is 5.32 Å². The van der Waals surface area contributed by atoms with Crippen molar-refractivity contribution in [3.63, 3.8) is 0 Å². The second kappa shape index (κ2) is 9.56. The number of hydrogen-bond acceptors (Lipinski definition) is 3. The Labute approximate surface area is 142 Å². The summed E-state index contributed by atoms with van der Waals surface area (Å²) in [5.74, 6) is -3.46.